The van der Waals surface area contributed by atoms with Crippen molar-refractivity contribution < 1.29 is 4.79 Å². The van der Waals surface area contributed by atoms with Gasteiger partial charge in [0.2, 0.25) is 5.12 Å². The van der Waals surface area contributed by atoms with Crippen LogP contribution in [0.2, 0.25) is 0 Å². The smallest absolute Gasteiger partial charge is 0.216 e. The van der Waals surface area contributed by atoms with Crippen LogP contribution in [-0.2, 0) is 6.42 Å². The lowest BCUT2D eigenvalue weighted by Gasteiger charge is -2.00. The molecule has 1 rings (SSSR count). The first-order valence-corrected chi connectivity index (χ1v) is 3.95. The maximum Gasteiger partial charge on any atom is 0.216 e. The van der Waals surface area contributed by atoms with Gasteiger partial charge in [0.05, 0.1) is 0 Å². The summed E-state index contributed by atoms with van der Waals surface area (Å²) in [4.78, 5) is 10.9. The maximum absolute atomic E-state index is 10.9. The van der Waals surface area contributed by atoms with Crippen LogP contribution in [-0.4, -0.2) is 5.12 Å². The van der Waals surface area contributed by atoms with Crippen LogP contribution in [0.4, 0.5) is 0 Å². The van der Waals surface area contributed by atoms with Gasteiger partial charge in [0.25, 0.3) is 0 Å². The standard InChI is InChI=1S/C10H8OS/c1-2-5-8-6-3-4-7-9(8)10(11)12/h1,3-4,6-7H,5H2,(H,11,12). The second-order valence-corrected chi connectivity index (χ2v) is 2.75. The molecule has 0 aliphatic carbocycles. The van der Waals surface area contributed by atoms with Crippen LogP contribution in [0.5, 0.6) is 0 Å². The Morgan fingerprint density at radius 2 is 2.17 bits per heavy atom. The number of carbonyl (C=O) groups excluding carboxylic acids is 1. The minimum Gasteiger partial charge on any atom is -0.282 e. The van der Waals surface area contributed by atoms with E-state index in [2.05, 4.69) is 18.5 Å². The Morgan fingerprint density at radius 3 is 2.75 bits per heavy atom. The summed E-state index contributed by atoms with van der Waals surface area (Å²) < 4.78 is 0. The number of carbonyl (C=O) groups is 1. The Labute approximate surface area is 77.2 Å². The van der Waals surface area contributed by atoms with Gasteiger partial charge in [-0.1, -0.05) is 24.3 Å². The predicted octanol–water partition coefficient (Wildman–Crippen LogP) is 1.93. The molecule has 0 unspecified atom stereocenters. The quantitative estimate of drug-likeness (QED) is 0.538. The Morgan fingerprint density at radius 1 is 1.50 bits per heavy atom. The molecule has 0 saturated carbocycles. The average Bonchev–Trinajstić information content (AvgIpc) is 2.05. The molecule has 0 aliphatic rings. The van der Waals surface area contributed by atoms with Crippen LogP contribution < -0.4 is 0 Å². The van der Waals surface area contributed by atoms with Crippen molar-refractivity contribution in [2.24, 2.45) is 0 Å². The molecule has 0 spiro atoms. The van der Waals surface area contributed by atoms with Gasteiger partial charge in [-0.2, -0.15) is 0 Å². The van der Waals surface area contributed by atoms with Crippen molar-refractivity contribution in [3.8, 4) is 12.3 Å². The zero-order chi connectivity index (χ0) is 8.97. The lowest BCUT2D eigenvalue weighted by atomic mass is 10.1. The number of hydrogen-bond acceptors (Lipinski definition) is 1. The van der Waals surface area contributed by atoms with E-state index < -0.39 is 0 Å². The first kappa shape index (κ1) is 8.89. The van der Waals surface area contributed by atoms with Crippen LogP contribution in [0.25, 0.3) is 0 Å². The number of hydrogen-bond donors (Lipinski definition) is 1. The molecule has 0 N–H and O–H groups in total. The van der Waals surface area contributed by atoms with E-state index in [1.54, 1.807) is 12.1 Å². The molecule has 0 saturated heterocycles. The molecule has 12 heavy (non-hydrogen) atoms. The molecule has 0 bridgehead atoms. The molecule has 0 fully saturated rings. The first-order valence-electron chi connectivity index (χ1n) is 3.50. The summed E-state index contributed by atoms with van der Waals surface area (Å²) in [5.41, 5.74) is 1.46. The lowest BCUT2D eigenvalue weighted by molar-refractivity contribution is 0.109. The third-order valence-electron chi connectivity index (χ3n) is 1.54. The summed E-state index contributed by atoms with van der Waals surface area (Å²) in [5, 5.41) is -0.235. The molecule has 0 amide bonds. The lowest BCUT2D eigenvalue weighted by Crippen LogP contribution is -1.95. The molecule has 1 nitrogen and oxygen atoms in total. The zero-order valence-electron chi connectivity index (χ0n) is 6.45. The Balaban J connectivity index is 3.10. The highest BCUT2D eigenvalue weighted by molar-refractivity contribution is 7.97. The zero-order valence-corrected chi connectivity index (χ0v) is 7.34. The normalized spacial score (nSPS) is 9.00. The monoisotopic (exact) mass is 176 g/mol. The molecule has 1 aromatic rings. The van der Waals surface area contributed by atoms with Gasteiger partial charge in [-0.05, 0) is 5.56 Å². The third-order valence-corrected chi connectivity index (χ3v) is 1.78. The van der Waals surface area contributed by atoms with E-state index in [1.807, 2.05) is 12.1 Å². The Kier molecular flexibility index (Phi) is 2.95. The van der Waals surface area contributed by atoms with Crippen LogP contribution in [0, 0.1) is 12.3 Å². The largest absolute Gasteiger partial charge is 0.282 e. The van der Waals surface area contributed by atoms with E-state index in [0.717, 1.165) is 5.56 Å². The van der Waals surface area contributed by atoms with Gasteiger partial charge >= 0.3 is 0 Å². The minimum atomic E-state index is -0.235. The summed E-state index contributed by atoms with van der Waals surface area (Å²) in [6.45, 7) is 0. The van der Waals surface area contributed by atoms with Crippen molar-refractivity contribution in [3.63, 3.8) is 0 Å². The Bertz CT molecular complexity index is 336. The van der Waals surface area contributed by atoms with E-state index in [0.29, 0.717) is 12.0 Å². The molecule has 2 heteroatoms. The molecule has 0 heterocycles. The topological polar surface area (TPSA) is 17.1 Å². The van der Waals surface area contributed by atoms with Crippen molar-refractivity contribution >= 4 is 17.7 Å². The molecular formula is C10H8OS. The highest BCUT2D eigenvalue weighted by Crippen LogP contribution is 2.11. The maximum atomic E-state index is 10.9. The second-order valence-electron chi connectivity index (χ2n) is 2.34. The highest BCUT2D eigenvalue weighted by atomic mass is 32.1. The van der Waals surface area contributed by atoms with E-state index >= 15 is 0 Å². The van der Waals surface area contributed by atoms with Crippen LogP contribution in [0.3, 0.4) is 0 Å². The van der Waals surface area contributed by atoms with Gasteiger partial charge in [-0.3, -0.25) is 4.79 Å². The number of thiol groups is 1. The molecule has 1 aromatic carbocycles. The Hall–Kier alpha value is -1.20. The van der Waals surface area contributed by atoms with Gasteiger partial charge in [-0.25, -0.2) is 0 Å². The molecular weight excluding hydrogens is 168 g/mol. The number of rotatable bonds is 2. The summed E-state index contributed by atoms with van der Waals surface area (Å²) in [6.07, 6.45) is 5.62. The van der Waals surface area contributed by atoms with Crippen LogP contribution >= 0.6 is 12.6 Å². The molecule has 60 valence electrons. The summed E-state index contributed by atoms with van der Waals surface area (Å²) >= 11 is 3.74. The van der Waals surface area contributed by atoms with Crippen LogP contribution in [0.15, 0.2) is 24.3 Å². The van der Waals surface area contributed by atoms with Gasteiger partial charge in [0, 0.05) is 12.0 Å². The minimum absolute atomic E-state index is 0.235. The SMILES string of the molecule is C#CCc1ccccc1C(=O)S. The highest BCUT2D eigenvalue weighted by Gasteiger charge is 2.04. The summed E-state index contributed by atoms with van der Waals surface area (Å²) in [6, 6.07) is 7.21. The summed E-state index contributed by atoms with van der Waals surface area (Å²) in [5.74, 6) is 2.49. The summed E-state index contributed by atoms with van der Waals surface area (Å²) in [7, 11) is 0. The van der Waals surface area contributed by atoms with Crippen molar-refractivity contribution in [1.82, 2.24) is 0 Å². The van der Waals surface area contributed by atoms with Crippen LogP contribution in [0.1, 0.15) is 15.9 Å². The van der Waals surface area contributed by atoms with Crippen molar-refractivity contribution in [2.45, 2.75) is 6.42 Å². The van der Waals surface area contributed by atoms with E-state index in [-0.39, 0.29) is 5.12 Å². The number of terminal acetylenes is 1. The van der Waals surface area contributed by atoms with Crippen molar-refractivity contribution in [1.29, 1.82) is 0 Å². The first-order chi connectivity index (χ1) is 5.75. The van der Waals surface area contributed by atoms with E-state index in [1.165, 1.54) is 0 Å². The van der Waals surface area contributed by atoms with Crippen molar-refractivity contribution in [3.05, 3.63) is 35.4 Å². The fourth-order valence-corrected chi connectivity index (χ4v) is 1.21. The van der Waals surface area contributed by atoms with Crippen molar-refractivity contribution in [2.75, 3.05) is 0 Å². The molecule has 0 radical (unpaired) electrons. The molecule has 0 atom stereocenters. The van der Waals surface area contributed by atoms with Gasteiger partial charge in [-0.15, -0.1) is 25.0 Å². The molecule has 0 aliphatic heterocycles. The predicted molar refractivity (Wildman–Crippen MR) is 52.3 cm³/mol. The van der Waals surface area contributed by atoms with Gasteiger partial charge in [0.1, 0.15) is 0 Å². The van der Waals surface area contributed by atoms with E-state index in [4.69, 9.17) is 6.42 Å². The second kappa shape index (κ2) is 3.99. The fraction of sp³-hybridized carbons (Fsp3) is 0.100. The van der Waals surface area contributed by atoms with Gasteiger partial charge < -0.3 is 0 Å². The van der Waals surface area contributed by atoms with E-state index in [9.17, 15) is 4.79 Å². The number of benzene rings is 1. The molecule has 0 aromatic heterocycles. The third kappa shape index (κ3) is 1.90. The average molecular weight is 176 g/mol. The van der Waals surface area contributed by atoms with Gasteiger partial charge in [0.15, 0.2) is 0 Å². The fourth-order valence-electron chi connectivity index (χ4n) is 0.993.